The van der Waals surface area contributed by atoms with E-state index in [1.807, 2.05) is 237 Å². The Morgan fingerprint density at radius 1 is 0.227 bits per heavy atom. The highest BCUT2D eigenvalue weighted by molar-refractivity contribution is 6.76. The van der Waals surface area contributed by atoms with Gasteiger partial charge in [0.15, 0.2) is 102 Å². The van der Waals surface area contributed by atoms with Crippen molar-refractivity contribution in [1.82, 2.24) is 0 Å². The van der Waals surface area contributed by atoms with Crippen LogP contribution in [-0.2, 0) is 112 Å². The molecule has 35 atom stereocenters. The van der Waals surface area contributed by atoms with Crippen LogP contribution in [0.25, 0.3) is 0 Å². The van der Waals surface area contributed by atoms with Gasteiger partial charge in [-0.05, 0) is 134 Å². The fourth-order valence-electron chi connectivity index (χ4n) is 14.4. The van der Waals surface area contributed by atoms with E-state index in [1.54, 1.807) is 6.92 Å². The summed E-state index contributed by atoms with van der Waals surface area (Å²) in [5.41, 5.74) is 0. The van der Waals surface area contributed by atoms with E-state index in [4.69, 9.17) is 107 Å². The fraction of sp³-hybridized carbons (Fsp3) is 0.989. The van der Waals surface area contributed by atoms with E-state index >= 15 is 0 Å². The third-order valence-corrected chi connectivity index (χ3v) is 62.6. The van der Waals surface area contributed by atoms with E-state index in [0.717, 1.165) is 0 Å². The first-order valence-corrected chi connectivity index (χ1v) is 67.5. The molecule has 0 radical (unpaired) electrons. The molecule has 0 aromatic rings. The van der Waals surface area contributed by atoms with E-state index in [-0.39, 0.29) is 33.0 Å². The number of ether oxygens (including phenoxy) is 16. The van der Waals surface area contributed by atoms with Crippen molar-refractivity contribution < 1.29 is 178 Å². The lowest BCUT2D eigenvalue weighted by Crippen LogP contribution is -2.69. The maximum absolute atomic E-state index is 13.6. The molecule has 15 aliphatic heterocycles. The Hall–Kier alpha value is -0.412. The predicted octanol–water partition coefficient (Wildman–Crippen LogP) is 6.56. The number of aliphatic hydroxyl groups excluding tert-OH is 13. The van der Waals surface area contributed by atoms with Gasteiger partial charge >= 0.3 is 5.97 Å². The third kappa shape index (κ3) is 27.2. The second kappa shape index (κ2) is 43.9. The number of aliphatic hydroxyl groups is 13. The summed E-state index contributed by atoms with van der Waals surface area (Å²) in [6.45, 7) is 67.3. The largest absolute Gasteiger partial charge is 0.464 e. The van der Waals surface area contributed by atoms with Gasteiger partial charge in [0.25, 0.3) is 0 Å². The molecule has 13 N–H and O–H groups in total. The van der Waals surface area contributed by atoms with Crippen molar-refractivity contribution >= 4 is 64.2 Å². The zero-order valence-electron chi connectivity index (χ0n) is 85.7. The van der Waals surface area contributed by atoms with Crippen LogP contribution in [0.4, 0.5) is 0 Å². The minimum Gasteiger partial charge on any atom is -0.464 e. The topological polar surface area (TPSA) is 492 Å². The Balaban J connectivity index is 1.35. The van der Waals surface area contributed by atoms with Crippen molar-refractivity contribution in [1.29, 1.82) is 0 Å². The first-order valence-electron chi connectivity index (χ1n) is 47.1. The Morgan fingerprint density at radius 2 is 0.371 bits per heavy atom. The smallest absolute Gasteiger partial charge is 0.332 e. The minimum absolute atomic E-state index is 0.0931. The van der Waals surface area contributed by atoms with Gasteiger partial charge in [-0.3, -0.25) is 0 Å². The second-order valence-corrected chi connectivity index (χ2v) is 81.6. The molecule has 15 heterocycles. The molecule has 0 amide bonds. The van der Waals surface area contributed by atoms with Crippen LogP contribution < -0.4 is 0 Å². The lowest BCUT2D eigenvalue weighted by atomic mass is 9.95. The van der Waals surface area contributed by atoms with Crippen molar-refractivity contribution in [3.8, 4) is 0 Å². The van der Waals surface area contributed by atoms with E-state index < -0.39 is 341 Å². The molecule has 0 unspecified atom stereocenters. The van der Waals surface area contributed by atoms with Crippen LogP contribution in [0.2, 0.25) is 127 Å². The summed E-state index contributed by atoms with van der Waals surface area (Å²) < 4.78 is 154. The zero-order chi connectivity index (χ0) is 100. The molecule has 15 saturated heterocycles. The average Bonchev–Trinajstić information content (AvgIpc) is 0.798. The van der Waals surface area contributed by atoms with Gasteiger partial charge in [0.2, 0.25) is 0 Å². The maximum atomic E-state index is 13.6. The number of carbonyl (C=O) groups excluding carboxylic acids is 1. The van der Waals surface area contributed by atoms with Crippen LogP contribution in [0.1, 0.15) is 152 Å². The van der Waals surface area contributed by atoms with Gasteiger partial charge in [0.05, 0.1) is 52.9 Å². The molecule has 44 heteroatoms. The number of fused-ring (bicyclic) bond motifs is 7. The molecule has 15 fully saturated rings. The minimum atomic E-state index is -2.88. The van der Waals surface area contributed by atoms with Gasteiger partial charge < -0.3 is 173 Å². The van der Waals surface area contributed by atoms with E-state index in [0.29, 0.717) is 0 Å². The summed E-state index contributed by atoms with van der Waals surface area (Å²) in [7, 11) is -20.0. The Bertz CT molecular complexity index is 3560. The normalized spacial score (nSPS) is 39.1. The number of hydrogen-bond acceptors (Lipinski definition) is 37. The lowest BCUT2D eigenvalue weighted by Gasteiger charge is -2.51. The zero-order valence-corrected chi connectivity index (χ0v) is 92.7. The van der Waals surface area contributed by atoms with Crippen molar-refractivity contribution in [3.63, 3.8) is 0 Å². The molecule has 0 aliphatic carbocycles. The molecule has 132 heavy (non-hydrogen) atoms. The highest BCUT2D eigenvalue weighted by atomic mass is 28.4. The first kappa shape index (κ1) is 117. The molecule has 776 valence electrons. The average molecular weight is 2020 g/mol. The van der Waals surface area contributed by atoms with E-state index in [2.05, 4.69) is 0 Å². The summed E-state index contributed by atoms with van der Waals surface area (Å²) in [4.78, 5) is 13.6. The van der Waals surface area contributed by atoms with Crippen LogP contribution in [-0.4, -0.2) is 405 Å². The van der Waals surface area contributed by atoms with Crippen LogP contribution in [0.15, 0.2) is 0 Å². The van der Waals surface area contributed by atoms with Gasteiger partial charge in [-0.15, -0.1) is 0 Å². The van der Waals surface area contributed by atoms with Crippen molar-refractivity contribution in [2.45, 2.75) is 494 Å². The monoisotopic (exact) mass is 2020 g/mol. The predicted molar refractivity (Wildman–Crippen MR) is 501 cm³/mol. The summed E-state index contributed by atoms with van der Waals surface area (Å²) in [5, 5.41) is 164. The van der Waals surface area contributed by atoms with Crippen molar-refractivity contribution in [3.05, 3.63) is 0 Å². The molecule has 15 aliphatic rings. The first-order chi connectivity index (χ1) is 59.9. The maximum Gasteiger partial charge on any atom is 0.332 e. The summed E-state index contributed by atoms with van der Waals surface area (Å²) in [6, 6.07) is 0. The standard InChI is InChI=1S/C88H174O37Si7/c1-37-103-53(89)45-104-74-66(102)73-52(44-111-132(35,36)88(20,21)22)118-81(74)125-72-51(43-110-131(33,34)87(17,18)19)117-79(65(101)59(72)95)123-70-49(41-108-129(29,30)85(11,12)13)115-77(63(99)57(70)93)121-68-47(39-106-127(25,26)83(5,6)7)113-75(61(97)55(68)91)119-67-46(38-105-126(23,24)82(2,3)4)112-76(60(96)54(67)90)120-69-48(40-107-128(27,28)84(8,9)10)114-78(62(98)56(69)92)122-71-50(42-109-130(31,32)86(14,15)16)116-80(124-73)64(100)58(71)94/h46-52,54-81,90-102H,37-45H2,1-36H3/t46-,47-,48-,49-,50-,51-,52-,54-,55-,56-,57-,58-,59-,60-,61-,62-,63-,64-,65-,66+,67-,68-,69-,70-,71-,72-,73-,74+,75-,76-,77-,78-,79-,80-,81-/m0/s1. The molecule has 15 rings (SSSR count). The van der Waals surface area contributed by atoms with Gasteiger partial charge in [-0.25, -0.2) is 4.79 Å². The molecule has 0 aromatic heterocycles. The van der Waals surface area contributed by atoms with Crippen LogP contribution in [0.5, 0.6) is 0 Å². The van der Waals surface area contributed by atoms with Crippen LogP contribution in [0, 0.1) is 0 Å². The number of esters is 1. The molecule has 0 aromatic carbocycles. The Kier molecular flexibility index (Phi) is 38.8. The molecule has 14 bridgehead atoms. The summed E-state index contributed by atoms with van der Waals surface area (Å²) >= 11 is 0. The van der Waals surface area contributed by atoms with Crippen molar-refractivity contribution in [2.75, 3.05) is 59.5 Å². The second-order valence-electron chi connectivity index (χ2n) is 48.0. The lowest BCUT2D eigenvalue weighted by molar-refractivity contribution is -0.397. The third-order valence-electron chi connectivity index (χ3n) is 31.1. The van der Waals surface area contributed by atoms with Gasteiger partial charge in [-0.2, -0.15) is 0 Å². The number of hydrogen-bond donors (Lipinski definition) is 13. The van der Waals surface area contributed by atoms with Gasteiger partial charge in [0, 0.05) is 0 Å². The van der Waals surface area contributed by atoms with E-state index in [9.17, 15) is 71.2 Å². The number of rotatable bonds is 25. The van der Waals surface area contributed by atoms with Gasteiger partial charge in [0.1, 0.15) is 178 Å². The van der Waals surface area contributed by atoms with Crippen LogP contribution in [0.3, 0.4) is 0 Å². The number of carbonyl (C=O) groups is 1. The van der Waals surface area contributed by atoms with Gasteiger partial charge in [-0.1, -0.05) is 145 Å². The molecule has 0 spiro atoms. The quantitative estimate of drug-likeness (QED) is 0.0340. The SMILES string of the molecule is CCOC(=O)CO[C@H]1[C@@H]2O[C@@H]3[C@@H](O)[C@H](O)[C@H](O[C@@H]4[C@@H](O)[C@H](O)[C@H](O[C@@H]5[C@@H](O)[C@H](O)[C@H](O[C@@H]6[C@@H](O)[C@H](O)[C@H](O[C@@H]7[C@@H](O)[C@H](O)[C@H](O[C@@H]8[C@@H](O)[C@H](O)[C@H](O[C@H]([C@H]1O)[C@H](CO[Si](C)(C)C(C)(C)C)O2)O[C@H]8CO[Si](C)(C)C(C)(C)C)O[C@H]7CO[Si](C)(C)C(C)(C)C)O[C@H]6CO[Si](C)(C)C(C)(C)C)O[C@H]5CO[Si](C)(C)C(C)(C)C)O[C@H]4CO[Si](C)(C)C(C)(C)C)O[C@H]3CO[Si](C)(C)C(C)(C)C. The summed E-state index contributed by atoms with van der Waals surface area (Å²) in [6.07, 6.45) is -65.6. The molecular formula is C88H174O37Si7. The summed E-state index contributed by atoms with van der Waals surface area (Å²) in [5.74, 6) is -0.900. The Morgan fingerprint density at radius 3 is 0.523 bits per heavy atom. The molecule has 0 saturated carbocycles. The highest BCUT2D eigenvalue weighted by Gasteiger charge is 2.63. The molecule has 37 nitrogen and oxygen atoms in total. The fourth-order valence-corrected chi connectivity index (χ4v) is 21.5. The van der Waals surface area contributed by atoms with E-state index in [1.165, 1.54) is 0 Å². The van der Waals surface area contributed by atoms with Crippen molar-refractivity contribution in [2.24, 2.45) is 0 Å². The van der Waals surface area contributed by atoms with Crippen LogP contribution >= 0.6 is 0 Å². The molecular weight excluding hydrogens is 1850 g/mol. The Labute approximate surface area is 791 Å². The highest BCUT2D eigenvalue weighted by Crippen LogP contribution is 2.48.